The standard InChI is InChI=1S/C19H24O3SSi2/c1-24(2,3)22-25(4,5)18-12-8-16(9-13-18)19(20)15-6-10-17(11-7-15)21-14-23/h6-14H,1-5H3. The SMILES string of the molecule is C[Si](C)(C)O[Si](C)(C)c1ccc(C(=O)c2ccc(OC=S)cc2)cc1. The number of rotatable bonds is 7. The molecule has 0 spiro atoms. The third-order valence-corrected chi connectivity index (χ3v) is 10.0. The topological polar surface area (TPSA) is 35.5 Å². The second kappa shape index (κ2) is 7.74. The summed E-state index contributed by atoms with van der Waals surface area (Å²) in [6, 6.07) is 14.8. The van der Waals surface area contributed by atoms with Gasteiger partial charge in [0.1, 0.15) is 5.75 Å². The average Bonchev–Trinajstić information content (AvgIpc) is 2.53. The Kier molecular flexibility index (Phi) is 6.10. The molecule has 0 heterocycles. The van der Waals surface area contributed by atoms with Gasteiger partial charge in [-0.25, -0.2) is 0 Å². The lowest BCUT2D eigenvalue weighted by Gasteiger charge is -2.31. The van der Waals surface area contributed by atoms with E-state index >= 15 is 0 Å². The largest absolute Gasteiger partial charge is 0.454 e. The van der Waals surface area contributed by atoms with Gasteiger partial charge in [-0.2, -0.15) is 0 Å². The van der Waals surface area contributed by atoms with Gasteiger partial charge in [-0.3, -0.25) is 4.79 Å². The maximum Gasteiger partial charge on any atom is 0.205 e. The van der Waals surface area contributed by atoms with E-state index in [2.05, 4.69) is 45.0 Å². The minimum absolute atomic E-state index is 0.00830. The van der Waals surface area contributed by atoms with Crippen LogP contribution in [0, 0.1) is 0 Å². The zero-order chi connectivity index (χ0) is 18.7. The Hall–Kier alpha value is -1.61. The third-order valence-electron chi connectivity index (χ3n) is 3.70. The Morgan fingerprint density at radius 3 is 1.80 bits per heavy atom. The summed E-state index contributed by atoms with van der Waals surface area (Å²) >= 11 is 4.65. The first kappa shape index (κ1) is 19.7. The van der Waals surface area contributed by atoms with Crippen molar-refractivity contribution in [1.82, 2.24) is 0 Å². The molecule has 0 amide bonds. The van der Waals surface area contributed by atoms with E-state index in [0.717, 1.165) is 0 Å². The van der Waals surface area contributed by atoms with Crippen LogP contribution in [0.15, 0.2) is 48.5 Å². The summed E-state index contributed by atoms with van der Waals surface area (Å²) in [6.07, 6.45) is 0. The van der Waals surface area contributed by atoms with Crippen molar-refractivity contribution >= 4 is 45.4 Å². The van der Waals surface area contributed by atoms with Crippen molar-refractivity contribution in [1.29, 1.82) is 0 Å². The van der Waals surface area contributed by atoms with Gasteiger partial charge >= 0.3 is 0 Å². The molecule has 0 radical (unpaired) electrons. The number of ether oxygens (including phenoxy) is 1. The van der Waals surface area contributed by atoms with Crippen LogP contribution in [0.2, 0.25) is 32.7 Å². The van der Waals surface area contributed by atoms with E-state index in [-0.39, 0.29) is 5.78 Å². The van der Waals surface area contributed by atoms with Crippen LogP contribution in [0.4, 0.5) is 0 Å². The molecule has 0 unspecified atom stereocenters. The number of thiocarbonyl (C=S) groups is 1. The molecule has 2 rings (SSSR count). The van der Waals surface area contributed by atoms with Gasteiger partial charge in [0, 0.05) is 11.1 Å². The van der Waals surface area contributed by atoms with Gasteiger partial charge in [-0.1, -0.05) is 24.3 Å². The summed E-state index contributed by atoms with van der Waals surface area (Å²) in [4.78, 5) is 12.6. The lowest BCUT2D eigenvalue weighted by Crippen LogP contribution is -2.51. The second-order valence-corrected chi connectivity index (χ2v) is 16.2. The van der Waals surface area contributed by atoms with Gasteiger partial charge in [-0.15, -0.1) is 0 Å². The summed E-state index contributed by atoms with van der Waals surface area (Å²) in [7, 11) is -3.55. The normalized spacial score (nSPS) is 11.9. The number of carbonyl (C=O) groups excluding carboxylic acids is 1. The molecule has 132 valence electrons. The molecule has 3 nitrogen and oxygen atoms in total. The highest BCUT2D eigenvalue weighted by Crippen LogP contribution is 2.17. The predicted molar refractivity (Wildman–Crippen MR) is 112 cm³/mol. The number of ketones is 1. The van der Waals surface area contributed by atoms with Crippen molar-refractivity contribution in [3.8, 4) is 5.75 Å². The molecule has 0 N–H and O–H groups in total. The molecule has 2 aromatic carbocycles. The van der Waals surface area contributed by atoms with Crippen LogP contribution < -0.4 is 9.92 Å². The van der Waals surface area contributed by atoms with Crippen LogP contribution >= 0.6 is 12.2 Å². The van der Waals surface area contributed by atoms with Crippen LogP contribution in [0.3, 0.4) is 0 Å². The maximum absolute atomic E-state index is 12.6. The van der Waals surface area contributed by atoms with E-state index in [1.807, 2.05) is 24.3 Å². The molecule has 6 heteroatoms. The lowest BCUT2D eigenvalue weighted by atomic mass is 10.0. The molecule has 2 aromatic rings. The highest BCUT2D eigenvalue weighted by Gasteiger charge is 2.31. The predicted octanol–water partition coefficient (Wildman–Crippen LogP) is 4.52. The molecule has 0 aliphatic heterocycles. The fourth-order valence-electron chi connectivity index (χ4n) is 2.75. The van der Waals surface area contributed by atoms with Gasteiger partial charge in [0.05, 0.1) is 0 Å². The molecule has 0 saturated carbocycles. The monoisotopic (exact) mass is 388 g/mol. The number of hydrogen-bond acceptors (Lipinski definition) is 4. The van der Waals surface area contributed by atoms with E-state index in [4.69, 9.17) is 8.85 Å². The van der Waals surface area contributed by atoms with Gasteiger partial charge in [-0.05, 0) is 74.4 Å². The molecule has 0 aliphatic rings. The van der Waals surface area contributed by atoms with Crippen LogP contribution in [-0.2, 0) is 4.12 Å². The Morgan fingerprint density at radius 1 is 0.880 bits per heavy atom. The van der Waals surface area contributed by atoms with Crippen molar-refractivity contribution < 1.29 is 13.6 Å². The van der Waals surface area contributed by atoms with Crippen molar-refractivity contribution in [2.45, 2.75) is 32.7 Å². The molecule has 0 atom stereocenters. The van der Waals surface area contributed by atoms with E-state index < -0.39 is 16.6 Å². The average molecular weight is 389 g/mol. The first-order valence-electron chi connectivity index (χ1n) is 8.18. The van der Waals surface area contributed by atoms with Crippen LogP contribution in [0.25, 0.3) is 0 Å². The molecular weight excluding hydrogens is 364 g/mol. The number of hydrogen-bond donors (Lipinski definition) is 0. The summed E-state index contributed by atoms with van der Waals surface area (Å²) < 4.78 is 11.5. The molecule has 0 bridgehead atoms. The van der Waals surface area contributed by atoms with Gasteiger partial charge in [0.2, 0.25) is 8.32 Å². The van der Waals surface area contributed by atoms with Crippen LogP contribution in [0.1, 0.15) is 15.9 Å². The maximum atomic E-state index is 12.6. The first-order valence-corrected chi connectivity index (χ1v) is 15.0. The highest BCUT2D eigenvalue weighted by atomic mass is 32.1. The lowest BCUT2D eigenvalue weighted by molar-refractivity contribution is 0.103. The Morgan fingerprint density at radius 2 is 1.36 bits per heavy atom. The fourth-order valence-corrected chi connectivity index (χ4v) is 10.4. The third kappa shape index (κ3) is 5.44. The molecule has 0 saturated heterocycles. The quantitative estimate of drug-likeness (QED) is 0.397. The van der Waals surface area contributed by atoms with Crippen molar-refractivity contribution in [3.05, 3.63) is 59.7 Å². The minimum Gasteiger partial charge on any atom is -0.454 e. The zero-order valence-electron chi connectivity index (χ0n) is 15.3. The van der Waals surface area contributed by atoms with Crippen molar-refractivity contribution in [2.24, 2.45) is 0 Å². The van der Waals surface area contributed by atoms with E-state index in [9.17, 15) is 4.79 Å². The number of benzene rings is 2. The molecule has 0 aromatic heterocycles. The van der Waals surface area contributed by atoms with Crippen molar-refractivity contribution in [3.63, 3.8) is 0 Å². The first-order chi connectivity index (χ1) is 11.6. The van der Waals surface area contributed by atoms with Gasteiger partial charge in [0.25, 0.3) is 0 Å². The zero-order valence-corrected chi connectivity index (χ0v) is 18.1. The summed E-state index contributed by atoms with van der Waals surface area (Å²) in [5, 5.41) is 1.20. The molecule has 0 fully saturated rings. The van der Waals surface area contributed by atoms with E-state index in [1.165, 1.54) is 10.7 Å². The van der Waals surface area contributed by atoms with E-state index in [1.54, 1.807) is 24.3 Å². The van der Waals surface area contributed by atoms with E-state index in [0.29, 0.717) is 16.9 Å². The minimum atomic E-state index is -1.95. The fraction of sp³-hybridized carbons (Fsp3) is 0.263. The summed E-state index contributed by atoms with van der Waals surface area (Å²) in [6.45, 7) is 11.0. The molecule has 25 heavy (non-hydrogen) atoms. The smallest absolute Gasteiger partial charge is 0.205 e. The Bertz CT molecular complexity index is 748. The Balaban J connectivity index is 2.18. The molecular formula is C19H24O3SSi2. The van der Waals surface area contributed by atoms with Crippen molar-refractivity contribution in [2.75, 3.05) is 0 Å². The van der Waals surface area contributed by atoms with Gasteiger partial charge in [0.15, 0.2) is 19.7 Å². The van der Waals surface area contributed by atoms with Gasteiger partial charge < -0.3 is 8.85 Å². The highest BCUT2D eigenvalue weighted by molar-refractivity contribution is 7.78. The molecule has 0 aliphatic carbocycles. The van der Waals surface area contributed by atoms with Crippen LogP contribution in [0.5, 0.6) is 5.75 Å². The summed E-state index contributed by atoms with van der Waals surface area (Å²) in [5.41, 5.74) is 2.49. The van der Waals surface area contributed by atoms with Crippen LogP contribution in [-0.4, -0.2) is 28.0 Å². The number of carbonyl (C=O) groups is 1. The summed E-state index contributed by atoms with van der Waals surface area (Å²) in [5.74, 6) is 0.615. The second-order valence-electron chi connectivity index (χ2n) is 7.37. The Labute approximate surface area is 157 Å².